The molecular weight excluding hydrogens is 290 g/mol. The first kappa shape index (κ1) is 15.3. The van der Waals surface area contributed by atoms with Gasteiger partial charge in [-0.1, -0.05) is 44.7 Å². The van der Waals surface area contributed by atoms with Gasteiger partial charge < -0.3 is 5.84 Å². The van der Waals surface area contributed by atoms with Crippen molar-refractivity contribution in [1.29, 1.82) is 0 Å². The molecule has 0 saturated carbocycles. The van der Waals surface area contributed by atoms with Crippen LogP contribution in [0.25, 0.3) is 0 Å². The number of nitrogens with zero attached hydrogens (tertiary/aromatic N) is 4. The van der Waals surface area contributed by atoms with Crippen molar-refractivity contribution in [3.63, 3.8) is 0 Å². The summed E-state index contributed by atoms with van der Waals surface area (Å²) in [5.41, 5.74) is 0.875. The van der Waals surface area contributed by atoms with E-state index in [0.29, 0.717) is 16.7 Å². The Morgan fingerprint density at radius 2 is 1.90 bits per heavy atom. The van der Waals surface area contributed by atoms with E-state index in [1.165, 1.54) is 28.6 Å². The normalized spacial score (nSPS) is 11.6. The van der Waals surface area contributed by atoms with Crippen LogP contribution in [0.2, 0.25) is 0 Å². The number of thioether (sulfide) groups is 1. The van der Waals surface area contributed by atoms with E-state index < -0.39 is 4.92 Å². The average Bonchev–Trinajstić information content (AvgIpc) is 2.78. The Morgan fingerprint density at radius 3 is 2.38 bits per heavy atom. The second-order valence-corrected chi connectivity index (χ2v) is 6.58. The topological polar surface area (TPSA) is 99.9 Å². The van der Waals surface area contributed by atoms with Gasteiger partial charge in [-0.2, -0.15) is 0 Å². The molecule has 1 heterocycles. The first-order valence-electron chi connectivity index (χ1n) is 6.36. The van der Waals surface area contributed by atoms with E-state index in [4.69, 9.17) is 5.84 Å². The fourth-order valence-electron chi connectivity index (χ4n) is 1.75. The summed E-state index contributed by atoms with van der Waals surface area (Å²) >= 11 is 1.45. The molecule has 0 radical (unpaired) electrons. The lowest BCUT2D eigenvalue weighted by atomic mass is 9.96. The molecule has 21 heavy (non-hydrogen) atoms. The largest absolute Gasteiger partial charge is 0.336 e. The molecule has 2 rings (SSSR count). The van der Waals surface area contributed by atoms with E-state index in [-0.39, 0.29) is 11.1 Å². The Bertz CT molecular complexity index is 646. The minimum absolute atomic E-state index is 0.0840. The van der Waals surface area contributed by atoms with E-state index in [9.17, 15) is 10.1 Å². The third-order valence-corrected chi connectivity index (χ3v) is 3.86. The Balaban J connectivity index is 2.07. The van der Waals surface area contributed by atoms with E-state index in [1.54, 1.807) is 12.1 Å². The molecule has 1 aromatic heterocycles. The summed E-state index contributed by atoms with van der Waals surface area (Å²) in [6.45, 7) is 6.06. The molecule has 2 aromatic rings. The van der Waals surface area contributed by atoms with Gasteiger partial charge in [0.2, 0.25) is 5.16 Å². The van der Waals surface area contributed by atoms with Crippen molar-refractivity contribution >= 4 is 17.4 Å². The SMILES string of the molecule is CC(C)(C)c1nnc(SCc2ccc([N+](=O)[O-])cc2)n1N. The van der Waals surface area contributed by atoms with Crippen LogP contribution in [0.15, 0.2) is 29.4 Å². The van der Waals surface area contributed by atoms with E-state index in [2.05, 4.69) is 10.2 Å². The molecule has 7 nitrogen and oxygen atoms in total. The van der Waals surface area contributed by atoms with Crippen molar-refractivity contribution in [1.82, 2.24) is 14.9 Å². The van der Waals surface area contributed by atoms with Gasteiger partial charge >= 0.3 is 0 Å². The minimum Gasteiger partial charge on any atom is -0.336 e. The first-order valence-corrected chi connectivity index (χ1v) is 7.34. The Labute approximate surface area is 126 Å². The fraction of sp³-hybridized carbons (Fsp3) is 0.385. The molecule has 2 N–H and O–H groups in total. The molecule has 0 aliphatic carbocycles. The van der Waals surface area contributed by atoms with Crippen LogP contribution < -0.4 is 5.84 Å². The van der Waals surface area contributed by atoms with E-state index in [1.807, 2.05) is 20.8 Å². The standard InChI is InChI=1S/C13H17N5O2S/c1-13(2,3)11-15-16-12(17(11)14)21-8-9-4-6-10(7-5-9)18(19)20/h4-7H,8,14H2,1-3H3. The van der Waals surface area contributed by atoms with E-state index in [0.717, 1.165) is 5.56 Å². The predicted molar refractivity (Wildman–Crippen MR) is 81.5 cm³/mol. The lowest BCUT2D eigenvalue weighted by Crippen LogP contribution is -2.24. The molecular formula is C13H17N5O2S. The Kier molecular flexibility index (Phi) is 4.17. The lowest BCUT2D eigenvalue weighted by Gasteiger charge is -2.16. The summed E-state index contributed by atoms with van der Waals surface area (Å²) in [6, 6.07) is 6.44. The molecule has 0 amide bonds. The predicted octanol–water partition coefficient (Wildman–Crippen LogP) is 2.49. The summed E-state index contributed by atoms with van der Waals surface area (Å²) in [4.78, 5) is 10.2. The monoisotopic (exact) mass is 307 g/mol. The summed E-state index contributed by atoms with van der Waals surface area (Å²) in [5, 5.41) is 19.4. The maximum Gasteiger partial charge on any atom is 0.269 e. The highest BCUT2D eigenvalue weighted by Gasteiger charge is 2.22. The highest BCUT2D eigenvalue weighted by atomic mass is 32.2. The van der Waals surface area contributed by atoms with Gasteiger partial charge in [-0.3, -0.25) is 10.1 Å². The number of nitro benzene ring substituents is 1. The van der Waals surface area contributed by atoms with Crippen LogP contribution in [0.4, 0.5) is 5.69 Å². The Hall–Kier alpha value is -2.09. The molecule has 112 valence electrons. The second kappa shape index (κ2) is 5.72. The highest BCUT2D eigenvalue weighted by Crippen LogP contribution is 2.25. The molecule has 8 heteroatoms. The molecule has 0 fully saturated rings. The number of nitrogen functional groups attached to an aromatic ring is 1. The zero-order chi connectivity index (χ0) is 15.6. The van der Waals surface area contributed by atoms with Crippen molar-refractivity contribution in [3.8, 4) is 0 Å². The van der Waals surface area contributed by atoms with Crippen molar-refractivity contribution in [3.05, 3.63) is 45.8 Å². The lowest BCUT2D eigenvalue weighted by molar-refractivity contribution is -0.384. The molecule has 0 unspecified atom stereocenters. The van der Waals surface area contributed by atoms with Crippen LogP contribution in [0.3, 0.4) is 0 Å². The number of hydrogen-bond acceptors (Lipinski definition) is 6. The van der Waals surface area contributed by atoms with Gasteiger partial charge in [0, 0.05) is 23.3 Å². The number of aromatic nitrogens is 3. The van der Waals surface area contributed by atoms with Crippen LogP contribution >= 0.6 is 11.8 Å². The number of non-ortho nitro benzene ring substituents is 1. The number of rotatable bonds is 4. The average molecular weight is 307 g/mol. The molecule has 0 saturated heterocycles. The number of benzene rings is 1. The highest BCUT2D eigenvalue weighted by molar-refractivity contribution is 7.98. The zero-order valence-electron chi connectivity index (χ0n) is 12.1. The van der Waals surface area contributed by atoms with Gasteiger partial charge in [0.25, 0.3) is 5.69 Å². The van der Waals surface area contributed by atoms with Crippen molar-refractivity contribution in [2.75, 3.05) is 5.84 Å². The third kappa shape index (κ3) is 3.52. The van der Waals surface area contributed by atoms with Gasteiger partial charge in [-0.05, 0) is 5.56 Å². The summed E-state index contributed by atoms with van der Waals surface area (Å²) in [7, 11) is 0. The molecule has 0 atom stereocenters. The maximum absolute atomic E-state index is 10.6. The molecule has 1 aromatic carbocycles. The second-order valence-electron chi connectivity index (χ2n) is 5.64. The van der Waals surface area contributed by atoms with Crippen LogP contribution in [-0.2, 0) is 11.2 Å². The quantitative estimate of drug-likeness (QED) is 0.403. The van der Waals surface area contributed by atoms with Crippen molar-refractivity contribution in [2.24, 2.45) is 0 Å². The number of nitro groups is 1. The smallest absolute Gasteiger partial charge is 0.269 e. The fourth-order valence-corrected chi connectivity index (χ4v) is 2.56. The van der Waals surface area contributed by atoms with Gasteiger partial charge in [-0.25, -0.2) is 4.68 Å². The van der Waals surface area contributed by atoms with Gasteiger partial charge in [0.05, 0.1) is 4.92 Å². The molecule has 0 spiro atoms. The maximum atomic E-state index is 10.6. The van der Waals surface area contributed by atoms with Crippen LogP contribution in [0.5, 0.6) is 0 Å². The van der Waals surface area contributed by atoms with Gasteiger partial charge in [0.1, 0.15) is 0 Å². The molecule has 0 bridgehead atoms. The molecule has 0 aliphatic rings. The van der Waals surface area contributed by atoms with Crippen LogP contribution in [0.1, 0.15) is 32.2 Å². The van der Waals surface area contributed by atoms with Crippen LogP contribution in [-0.4, -0.2) is 19.8 Å². The summed E-state index contributed by atoms with van der Waals surface area (Å²) in [6.07, 6.45) is 0. The minimum atomic E-state index is -0.414. The number of nitrogens with two attached hydrogens (primary N) is 1. The van der Waals surface area contributed by atoms with Crippen LogP contribution in [0, 0.1) is 10.1 Å². The zero-order valence-corrected chi connectivity index (χ0v) is 12.9. The van der Waals surface area contributed by atoms with E-state index >= 15 is 0 Å². The summed E-state index contributed by atoms with van der Waals surface area (Å²) < 4.78 is 1.50. The van der Waals surface area contributed by atoms with Crippen molar-refractivity contribution in [2.45, 2.75) is 37.1 Å². The van der Waals surface area contributed by atoms with Crippen molar-refractivity contribution < 1.29 is 4.92 Å². The van der Waals surface area contributed by atoms with Gasteiger partial charge in [-0.15, -0.1) is 10.2 Å². The Morgan fingerprint density at radius 1 is 1.29 bits per heavy atom. The van der Waals surface area contributed by atoms with Gasteiger partial charge in [0.15, 0.2) is 5.82 Å². The number of hydrogen-bond donors (Lipinski definition) is 1. The molecule has 0 aliphatic heterocycles. The first-order chi connectivity index (χ1) is 9.79. The summed E-state index contributed by atoms with van der Waals surface area (Å²) in [5.74, 6) is 7.34. The third-order valence-electron chi connectivity index (χ3n) is 2.85.